The maximum atomic E-state index is 5.94. The molecular weight excluding hydrogens is 200 g/mol. The third-order valence-corrected chi connectivity index (χ3v) is 3.26. The minimum Gasteiger partial charge on any atom is -0.397 e. The van der Waals surface area contributed by atoms with E-state index in [-0.39, 0.29) is 0 Å². The van der Waals surface area contributed by atoms with Gasteiger partial charge in [0, 0.05) is 18.6 Å². The molecule has 1 aliphatic rings. The summed E-state index contributed by atoms with van der Waals surface area (Å²) < 4.78 is 5.40. The summed E-state index contributed by atoms with van der Waals surface area (Å²) in [6.07, 6.45) is 1.14. The van der Waals surface area contributed by atoms with E-state index in [4.69, 9.17) is 10.5 Å². The molecule has 3 heteroatoms. The molecule has 3 N–H and O–H groups in total. The first kappa shape index (κ1) is 11.3. The Morgan fingerprint density at radius 2 is 2.31 bits per heavy atom. The van der Waals surface area contributed by atoms with Crippen molar-refractivity contribution in [3.8, 4) is 0 Å². The number of nitrogens with two attached hydrogens (primary N) is 1. The van der Waals surface area contributed by atoms with E-state index in [1.165, 1.54) is 5.56 Å². The van der Waals surface area contributed by atoms with Gasteiger partial charge in [-0.25, -0.2) is 0 Å². The Balaban J connectivity index is 2.04. The molecule has 0 aliphatic carbocycles. The van der Waals surface area contributed by atoms with Crippen molar-refractivity contribution >= 4 is 11.4 Å². The normalized spacial score (nSPS) is 22.0. The number of nitrogen functional groups attached to an aromatic ring is 1. The first-order chi connectivity index (χ1) is 7.66. The van der Waals surface area contributed by atoms with Gasteiger partial charge in [-0.1, -0.05) is 6.07 Å². The molecule has 0 saturated carbocycles. The Morgan fingerprint density at radius 3 is 3.00 bits per heavy atom. The molecule has 0 radical (unpaired) electrons. The number of hydrogen-bond acceptors (Lipinski definition) is 3. The average molecular weight is 220 g/mol. The molecule has 1 fully saturated rings. The summed E-state index contributed by atoms with van der Waals surface area (Å²) in [7, 11) is 0. The highest BCUT2D eigenvalue weighted by Crippen LogP contribution is 2.24. The van der Waals surface area contributed by atoms with Crippen molar-refractivity contribution < 1.29 is 4.74 Å². The topological polar surface area (TPSA) is 47.3 Å². The van der Waals surface area contributed by atoms with Crippen LogP contribution in [0.15, 0.2) is 18.2 Å². The zero-order valence-electron chi connectivity index (χ0n) is 9.99. The van der Waals surface area contributed by atoms with E-state index >= 15 is 0 Å². The molecule has 88 valence electrons. The van der Waals surface area contributed by atoms with Crippen LogP contribution in [0, 0.1) is 12.8 Å². The molecule has 1 heterocycles. The minimum atomic E-state index is 0.409. The molecule has 1 aliphatic heterocycles. The van der Waals surface area contributed by atoms with Crippen LogP contribution in [0.25, 0.3) is 0 Å². The Morgan fingerprint density at radius 1 is 1.50 bits per heavy atom. The van der Waals surface area contributed by atoms with Gasteiger partial charge < -0.3 is 15.8 Å². The van der Waals surface area contributed by atoms with Gasteiger partial charge in [-0.2, -0.15) is 0 Å². The molecule has 0 bridgehead atoms. The van der Waals surface area contributed by atoms with Gasteiger partial charge >= 0.3 is 0 Å². The molecule has 0 aromatic heterocycles. The van der Waals surface area contributed by atoms with Gasteiger partial charge in [0.2, 0.25) is 0 Å². The summed E-state index contributed by atoms with van der Waals surface area (Å²) in [4.78, 5) is 0. The average Bonchev–Trinajstić information content (AvgIpc) is 2.76. The lowest BCUT2D eigenvalue weighted by atomic mass is 10.00. The van der Waals surface area contributed by atoms with Crippen LogP contribution in [0.2, 0.25) is 0 Å². The van der Waals surface area contributed by atoms with Gasteiger partial charge in [-0.05, 0) is 38.0 Å². The maximum absolute atomic E-state index is 5.94. The standard InChI is InChI=1S/C13H20N2O/c1-9-3-4-12(14)13(7-9)15-10(2)11-5-6-16-8-11/h3-4,7,10-11,15H,5-6,8,14H2,1-2H3. The fraction of sp³-hybridized carbons (Fsp3) is 0.538. The number of aryl methyl sites for hydroxylation is 1. The van der Waals surface area contributed by atoms with Crippen molar-refractivity contribution in [3.05, 3.63) is 23.8 Å². The van der Waals surface area contributed by atoms with E-state index in [1.54, 1.807) is 0 Å². The summed E-state index contributed by atoms with van der Waals surface area (Å²) >= 11 is 0. The Kier molecular flexibility index (Phi) is 3.34. The van der Waals surface area contributed by atoms with E-state index in [2.05, 4.69) is 25.2 Å². The van der Waals surface area contributed by atoms with Crippen molar-refractivity contribution in [1.82, 2.24) is 0 Å². The fourth-order valence-corrected chi connectivity index (χ4v) is 2.11. The Bertz CT molecular complexity index is 359. The molecule has 0 spiro atoms. The van der Waals surface area contributed by atoms with Crippen molar-refractivity contribution in [2.45, 2.75) is 26.3 Å². The van der Waals surface area contributed by atoms with Crippen LogP contribution >= 0.6 is 0 Å². The van der Waals surface area contributed by atoms with Crippen molar-refractivity contribution in [1.29, 1.82) is 0 Å². The zero-order chi connectivity index (χ0) is 11.5. The second-order valence-corrected chi connectivity index (χ2v) is 4.65. The predicted octanol–water partition coefficient (Wildman–Crippen LogP) is 2.41. The van der Waals surface area contributed by atoms with Gasteiger partial charge in [0.25, 0.3) is 0 Å². The van der Waals surface area contributed by atoms with Gasteiger partial charge in [-0.3, -0.25) is 0 Å². The fourth-order valence-electron chi connectivity index (χ4n) is 2.11. The van der Waals surface area contributed by atoms with Crippen LogP contribution in [0.1, 0.15) is 18.9 Å². The summed E-state index contributed by atoms with van der Waals surface area (Å²) in [6.45, 7) is 6.02. The van der Waals surface area contributed by atoms with E-state index in [1.807, 2.05) is 12.1 Å². The largest absolute Gasteiger partial charge is 0.397 e. The highest BCUT2D eigenvalue weighted by molar-refractivity contribution is 5.67. The molecular formula is C13H20N2O. The van der Waals surface area contributed by atoms with Gasteiger partial charge in [0.05, 0.1) is 18.0 Å². The number of ether oxygens (including phenoxy) is 1. The molecule has 1 aromatic carbocycles. The molecule has 2 unspecified atom stereocenters. The zero-order valence-corrected chi connectivity index (χ0v) is 9.99. The summed E-state index contributed by atoms with van der Waals surface area (Å²) in [5.74, 6) is 0.597. The number of rotatable bonds is 3. The lowest BCUT2D eigenvalue weighted by Crippen LogP contribution is -2.26. The summed E-state index contributed by atoms with van der Waals surface area (Å²) in [6, 6.07) is 6.49. The SMILES string of the molecule is Cc1ccc(N)c(NC(C)C2CCOC2)c1. The van der Waals surface area contributed by atoms with Crippen LogP contribution in [-0.4, -0.2) is 19.3 Å². The second kappa shape index (κ2) is 4.74. The smallest absolute Gasteiger partial charge is 0.0578 e. The molecule has 2 atom stereocenters. The van der Waals surface area contributed by atoms with E-state index in [0.717, 1.165) is 31.0 Å². The van der Waals surface area contributed by atoms with Crippen LogP contribution < -0.4 is 11.1 Å². The molecule has 1 saturated heterocycles. The molecule has 3 nitrogen and oxygen atoms in total. The third-order valence-electron chi connectivity index (χ3n) is 3.26. The van der Waals surface area contributed by atoms with E-state index in [9.17, 15) is 0 Å². The molecule has 0 amide bonds. The summed E-state index contributed by atoms with van der Waals surface area (Å²) in [5.41, 5.74) is 9.03. The van der Waals surface area contributed by atoms with Gasteiger partial charge in [0.1, 0.15) is 0 Å². The Hall–Kier alpha value is -1.22. The number of nitrogens with one attached hydrogen (secondary N) is 1. The van der Waals surface area contributed by atoms with Gasteiger partial charge in [0.15, 0.2) is 0 Å². The third kappa shape index (κ3) is 2.47. The number of hydrogen-bond donors (Lipinski definition) is 2. The molecule has 1 aromatic rings. The number of benzene rings is 1. The highest BCUT2D eigenvalue weighted by Gasteiger charge is 2.22. The first-order valence-electron chi connectivity index (χ1n) is 5.87. The summed E-state index contributed by atoms with van der Waals surface area (Å²) in [5, 5.41) is 3.49. The first-order valence-corrected chi connectivity index (χ1v) is 5.87. The van der Waals surface area contributed by atoms with Crippen LogP contribution in [-0.2, 0) is 4.74 Å². The second-order valence-electron chi connectivity index (χ2n) is 4.65. The lowest BCUT2D eigenvalue weighted by Gasteiger charge is -2.21. The van der Waals surface area contributed by atoms with Crippen molar-refractivity contribution in [2.75, 3.05) is 24.3 Å². The molecule has 2 rings (SSSR count). The maximum Gasteiger partial charge on any atom is 0.0578 e. The Labute approximate surface area is 97.0 Å². The van der Waals surface area contributed by atoms with Crippen LogP contribution in [0.5, 0.6) is 0 Å². The van der Waals surface area contributed by atoms with Crippen LogP contribution in [0.3, 0.4) is 0 Å². The van der Waals surface area contributed by atoms with Crippen molar-refractivity contribution in [2.24, 2.45) is 5.92 Å². The van der Waals surface area contributed by atoms with Crippen LogP contribution in [0.4, 0.5) is 11.4 Å². The van der Waals surface area contributed by atoms with Crippen molar-refractivity contribution in [3.63, 3.8) is 0 Å². The highest BCUT2D eigenvalue weighted by atomic mass is 16.5. The quantitative estimate of drug-likeness (QED) is 0.769. The monoisotopic (exact) mass is 220 g/mol. The predicted molar refractivity (Wildman–Crippen MR) is 67.6 cm³/mol. The van der Waals surface area contributed by atoms with E-state index < -0.39 is 0 Å². The van der Waals surface area contributed by atoms with Gasteiger partial charge in [-0.15, -0.1) is 0 Å². The molecule has 16 heavy (non-hydrogen) atoms. The minimum absolute atomic E-state index is 0.409. The number of anilines is 2. The van der Waals surface area contributed by atoms with E-state index in [0.29, 0.717) is 12.0 Å². The lowest BCUT2D eigenvalue weighted by molar-refractivity contribution is 0.183.